The predicted octanol–water partition coefficient (Wildman–Crippen LogP) is 0.503. The minimum absolute atomic E-state index is 0.137. The lowest BCUT2D eigenvalue weighted by atomic mass is 9.84. The van der Waals surface area contributed by atoms with E-state index >= 15 is 0 Å². The first-order valence-corrected chi connectivity index (χ1v) is 6.39. The third kappa shape index (κ3) is 3.19. The summed E-state index contributed by atoms with van der Waals surface area (Å²) in [6.07, 6.45) is 5.94. The van der Waals surface area contributed by atoms with Crippen LogP contribution in [0.1, 0.15) is 38.5 Å². The Hall–Kier alpha value is -0.610. The molecule has 0 radical (unpaired) electrons. The summed E-state index contributed by atoms with van der Waals surface area (Å²) in [7, 11) is 0. The number of hydrogen-bond acceptors (Lipinski definition) is 3. The Morgan fingerprint density at radius 3 is 2.75 bits per heavy atom. The fraction of sp³-hybridized carbons (Fsp3) is 0.917. The highest BCUT2D eigenvalue weighted by Gasteiger charge is 2.31. The predicted molar refractivity (Wildman–Crippen MR) is 62.1 cm³/mol. The molecule has 1 heterocycles. The van der Waals surface area contributed by atoms with Gasteiger partial charge in [-0.25, -0.2) is 0 Å². The first-order valence-electron chi connectivity index (χ1n) is 6.39. The number of rotatable bonds is 2. The van der Waals surface area contributed by atoms with Gasteiger partial charge in [0.05, 0.1) is 5.60 Å². The van der Waals surface area contributed by atoms with E-state index in [9.17, 15) is 9.90 Å². The highest BCUT2D eigenvalue weighted by atomic mass is 16.3. The van der Waals surface area contributed by atoms with Gasteiger partial charge in [-0.05, 0) is 12.8 Å². The van der Waals surface area contributed by atoms with Crippen LogP contribution in [-0.2, 0) is 4.79 Å². The van der Waals surface area contributed by atoms with Gasteiger partial charge in [-0.2, -0.15) is 0 Å². The maximum atomic E-state index is 11.2. The maximum Gasteiger partial charge on any atom is 0.221 e. The molecule has 1 amide bonds. The molecule has 4 nitrogen and oxygen atoms in total. The van der Waals surface area contributed by atoms with E-state index in [1.807, 2.05) is 0 Å². The third-order valence-electron chi connectivity index (χ3n) is 3.71. The topological polar surface area (TPSA) is 52.6 Å². The number of carbonyl (C=O) groups is 1. The van der Waals surface area contributed by atoms with Crippen LogP contribution in [0, 0.1) is 0 Å². The second-order valence-electron chi connectivity index (χ2n) is 5.16. The highest BCUT2D eigenvalue weighted by Crippen LogP contribution is 2.28. The monoisotopic (exact) mass is 226 g/mol. The average Bonchev–Trinajstić information content (AvgIpc) is 2.44. The molecule has 4 heteroatoms. The summed E-state index contributed by atoms with van der Waals surface area (Å²) in [6, 6.07) is 0. The van der Waals surface area contributed by atoms with E-state index in [1.54, 1.807) is 0 Å². The largest absolute Gasteiger partial charge is 0.389 e. The van der Waals surface area contributed by atoms with Crippen LogP contribution in [0.4, 0.5) is 0 Å². The van der Waals surface area contributed by atoms with Gasteiger partial charge in [0.2, 0.25) is 5.91 Å². The maximum absolute atomic E-state index is 11.2. The molecule has 0 atom stereocenters. The van der Waals surface area contributed by atoms with E-state index < -0.39 is 5.60 Å². The quantitative estimate of drug-likeness (QED) is 0.721. The lowest BCUT2D eigenvalue weighted by Crippen LogP contribution is -2.45. The van der Waals surface area contributed by atoms with E-state index in [4.69, 9.17) is 0 Å². The number of hydrogen-bond donors (Lipinski definition) is 2. The molecule has 0 bridgehead atoms. The first kappa shape index (κ1) is 11.9. The molecule has 0 aromatic heterocycles. The molecule has 0 spiro atoms. The molecule has 1 aliphatic heterocycles. The van der Waals surface area contributed by atoms with Crippen LogP contribution in [-0.4, -0.2) is 47.7 Å². The van der Waals surface area contributed by atoms with Crippen LogP contribution in [0.15, 0.2) is 0 Å². The molecule has 2 fully saturated rings. The van der Waals surface area contributed by atoms with Crippen molar-refractivity contribution in [2.45, 2.75) is 44.1 Å². The summed E-state index contributed by atoms with van der Waals surface area (Å²) < 4.78 is 0. The summed E-state index contributed by atoms with van der Waals surface area (Å²) in [6.45, 7) is 3.11. The van der Waals surface area contributed by atoms with Crippen LogP contribution < -0.4 is 5.32 Å². The van der Waals surface area contributed by atoms with Gasteiger partial charge >= 0.3 is 0 Å². The molecule has 0 aromatic carbocycles. The van der Waals surface area contributed by atoms with E-state index in [2.05, 4.69) is 10.2 Å². The molecule has 1 aliphatic carbocycles. The van der Waals surface area contributed by atoms with Crippen LogP contribution in [0.25, 0.3) is 0 Å². The Bertz CT molecular complexity index is 249. The Labute approximate surface area is 97.0 Å². The normalized spacial score (nSPS) is 27.2. The molecule has 2 N–H and O–H groups in total. The van der Waals surface area contributed by atoms with Gasteiger partial charge in [-0.15, -0.1) is 0 Å². The van der Waals surface area contributed by atoms with Crippen molar-refractivity contribution in [1.29, 1.82) is 0 Å². The van der Waals surface area contributed by atoms with Gasteiger partial charge in [-0.1, -0.05) is 19.3 Å². The standard InChI is InChI=1S/C12H22N2O2/c15-11-4-8-14(9-7-13-11)10-12(16)5-2-1-3-6-12/h16H,1-10H2,(H,13,15). The molecule has 2 rings (SSSR count). The molecule has 1 saturated heterocycles. The molecule has 16 heavy (non-hydrogen) atoms. The van der Waals surface area contributed by atoms with Gasteiger partial charge in [0.25, 0.3) is 0 Å². The van der Waals surface area contributed by atoms with Gasteiger partial charge in [-0.3, -0.25) is 9.69 Å². The van der Waals surface area contributed by atoms with Crippen molar-refractivity contribution in [3.8, 4) is 0 Å². The number of carbonyl (C=O) groups excluding carboxylic acids is 1. The Morgan fingerprint density at radius 1 is 1.25 bits per heavy atom. The molecule has 92 valence electrons. The second kappa shape index (κ2) is 5.15. The second-order valence-corrected chi connectivity index (χ2v) is 5.16. The van der Waals surface area contributed by atoms with Crippen LogP contribution >= 0.6 is 0 Å². The molecule has 0 unspecified atom stereocenters. The van der Waals surface area contributed by atoms with Crippen molar-refractivity contribution in [2.75, 3.05) is 26.2 Å². The number of amides is 1. The molecular formula is C12H22N2O2. The van der Waals surface area contributed by atoms with E-state index in [1.165, 1.54) is 6.42 Å². The summed E-state index contributed by atoms with van der Waals surface area (Å²) >= 11 is 0. The summed E-state index contributed by atoms with van der Waals surface area (Å²) in [5.41, 5.74) is -0.494. The van der Waals surface area contributed by atoms with Gasteiger partial charge < -0.3 is 10.4 Å². The summed E-state index contributed by atoms with van der Waals surface area (Å²) in [4.78, 5) is 13.4. The minimum Gasteiger partial charge on any atom is -0.389 e. The van der Waals surface area contributed by atoms with Crippen LogP contribution in [0.3, 0.4) is 0 Å². The zero-order chi connectivity index (χ0) is 11.4. The minimum atomic E-state index is -0.494. The lowest BCUT2D eigenvalue weighted by Gasteiger charge is -2.36. The van der Waals surface area contributed by atoms with Crippen molar-refractivity contribution in [1.82, 2.24) is 10.2 Å². The SMILES string of the molecule is O=C1CCN(CC2(O)CCCCC2)CCN1. The van der Waals surface area contributed by atoms with Gasteiger partial charge in [0.15, 0.2) is 0 Å². The van der Waals surface area contributed by atoms with Crippen LogP contribution in [0.5, 0.6) is 0 Å². The van der Waals surface area contributed by atoms with Crippen LogP contribution in [0.2, 0.25) is 0 Å². The van der Waals surface area contributed by atoms with Gasteiger partial charge in [0.1, 0.15) is 0 Å². The highest BCUT2D eigenvalue weighted by molar-refractivity contribution is 5.76. The van der Waals surface area contributed by atoms with E-state index in [-0.39, 0.29) is 5.91 Å². The molecule has 2 aliphatic rings. The average molecular weight is 226 g/mol. The lowest BCUT2D eigenvalue weighted by molar-refractivity contribution is -0.120. The number of aliphatic hydroxyl groups is 1. The number of β-amino-alcohol motifs (C(OH)–C–C–N with tert-alkyl or cyclic N) is 1. The Balaban J connectivity index is 1.85. The molecule has 1 saturated carbocycles. The summed E-state index contributed by atoms with van der Waals surface area (Å²) in [5.74, 6) is 0.137. The zero-order valence-electron chi connectivity index (χ0n) is 9.87. The molecular weight excluding hydrogens is 204 g/mol. The number of nitrogens with one attached hydrogen (secondary N) is 1. The van der Waals surface area contributed by atoms with Crippen molar-refractivity contribution >= 4 is 5.91 Å². The number of nitrogens with zero attached hydrogens (tertiary/aromatic N) is 1. The molecule has 0 aromatic rings. The van der Waals surface area contributed by atoms with Crippen molar-refractivity contribution in [2.24, 2.45) is 0 Å². The van der Waals surface area contributed by atoms with Crippen molar-refractivity contribution in [3.05, 3.63) is 0 Å². The fourth-order valence-corrected chi connectivity index (χ4v) is 2.76. The third-order valence-corrected chi connectivity index (χ3v) is 3.71. The smallest absolute Gasteiger partial charge is 0.221 e. The fourth-order valence-electron chi connectivity index (χ4n) is 2.76. The van der Waals surface area contributed by atoms with Crippen molar-refractivity contribution in [3.63, 3.8) is 0 Å². The van der Waals surface area contributed by atoms with E-state index in [0.29, 0.717) is 6.42 Å². The van der Waals surface area contributed by atoms with Gasteiger partial charge in [0, 0.05) is 32.6 Å². The van der Waals surface area contributed by atoms with E-state index in [0.717, 1.165) is 51.9 Å². The zero-order valence-corrected chi connectivity index (χ0v) is 9.87. The first-order chi connectivity index (χ1) is 7.68. The van der Waals surface area contributed by atoms with Crippen molar-refractivity contribution < 1.29 is 9.90 Å². The summed E-state index contributed by atoms with van der Waals surface area (Å²) in [5, 5.41) is 13.3. The Kier molecular flexibility index (Phi) is 3.82. The Morgan fingerprint density at radius 2 is 2.00 bits per heavy atom.